The van der Waals surface area contributed by atoms with Gasteiger partial charge in [0.15, 0.2) is 12.2 Å². The molecule has 0 aliphatic heterocycles. The van der Waals surface area contributed by atoms with Crippen LogP contribution in [0, 0.1) is 17.6 Å². The molecule has 108 valence electrons. The lowest BCUT2D eigenvalue weighted by molar-refractivity contribution is 0.541. The van der Waals surface area contributed by atoms with Gasteiger partial charge in [0.1, 0.15) is 17.3 Å². The van der Waals surface area contributed by atoms with Gasteiger partial charge in [-0.15, -0.1) is 0 Å². The van der Waals surface area contributed by atoms with Crippen LogP contribution in [0.3, 0.4) is 0 Å². The largest absolute Gasteiger partial charge is 0.443 e. The summed E-state index contributed by atoms with van der Waals surface area (Å²) in [4.78, 5) is 4.03. The van der Waals surface area contributed by atoms with Crippen LogP contribution in [0.25, 0.3) is 11.3 Å². The molecule has 2 rings (SSSR count). The van der Waals surface area contributed by atoms with Gasteiger partial charge in [0.2, 0.25) is 0 Å². The lowest BCUT2D eigenvalue weighted by atomic mass is 10.1. The van der Waals surface area contributed by atoms with Crippen molar-refractivity contribution in [3.05, 3.63) is 40.9 Å². The van der Waals surface area contributed by atoms with Crippen molar-refractivity contribution in [3.8, 4) is 11.3 Å². The average Bonchev–Trinajstić information content (AvgIpc) is 2.81. The van der Waals surface area contributed by atoms with E-state index in [1.807, 2.05) is 0 Å². The lowest BCUT2D eigenvalue weighted by Gasteiger charge is -2.07. The number of halogens is 3. The predicted molar refractivity (Wildman–Crippen MR) is 73.4 cm³/mol. The first kappa shape index (κ1) is 14.9. The van der Waals surface area contributed by atoms with E-state index in [9.17, 15) is 8.78 Å². The molecule has 0 bridgehead atoms. The molecule has 1 heterocycles. The molecule has 6 heteroatoms. The Morgan fingerprint density at radius 3 is 2.75 bits per heavy atom. The van der Waals surface area contributed by atoms with Crippen LogP contribution in [0.5, 0.6) is 0 Å². The maximum atomic E-state index is 13.9. The van der Waals surface area contributed by atoms with E-state index in [2.05, 4.69) is 24.1 Å². The van der Waals surface area contributed by atoms with E-state index in [0.29, 0.717) is 18.2 Å². The molecule has 0 saturated carbocycles. The van der Waals surface area contributed by atoms with E-state index < -0.39 is 11.6 Å². The Balaban J connectivity index is 2.25. The van der Waals surface area contributed by atoms with E-state index in [4.69, 9.17) is 16.0 Å². The molecule has 0 fully saturated rings. The number of benzene rings is 1. The fraction of sp³-hybridized carbons (Fsp3) is 0.357. The molecule has 3 nitrogen and oxygen atoms in total. The van der Waals surface area contributed by atoms with Crippen molar-refractivity contribution in [1.82, 2.24) is 10.3 Å². The topological polar surface area (TPSA) is 38.1 Å². The molecule has 0 amide bonds. The standard InChI is InChI=1S/C14H15ClF2N2O/c1-8(2)5-18-6-13-14(20-7-19-13)9-3-12(17)10(15)4-11(9)16/h3-4,7-8,18H,5-6H2,1-2H3. The van der Waals surface area contributed by atoms with Crippen LogP contribution >= 0.6 is 11.6 Å². The summed E-state index contributed by atoms with van der Waals surface area (Å²) in [5.74, 6) is -0.636. The molecule has 0 radical (unpaired) electrons. The quantitative estimate of drug-likeness (QED) is 0.848. The molecule has 20 heavy (non-hydrogen) atoms. The number of rotatable bonds is 5. The van der Waals surface area contributed by atoms with Crippen LogP contribution in [-0.4, -0.2) is 11.5 Å². The second kappa shape index (κ2) is 6.33. The third kappa shape index (κ3) is 3.35. The fourth-order valence-electron chi connectivity index (χ4n) is 1.79. The van der Waals surface area contributed by atoms with Gasteiger partial charge in [0, 0.05) is 6.54 Å². The zero-order valence-corrected chi connectivity index (χ0v) is 12.0. The van der Waals surface area contributed by atoms with Gasteiger partial charge in [-0.3, -0.25) is 0 Å². The van der Waals surface area contributed by atoms with Crippen LogP contribution in [0.4, 0.5) is 8.78 Å². The summed E-state index contributed by atoms with van der Waals surface area (Å²) < 4.78 is 32.5. The second-order valence-electron chi connectivity index (χ2n) is 4.90. The van der Waals surface area contributed by atoms with E-state index in [-0.39, 0.29) is 16.3 Å². The number of oxazole rings is 1. The van der Waals surface area contributed by atoms with Gasteiger partial charge in [-0.25, -0.2) is 13.8 Å². The van der Waals surface area contributed by atoms with Crippen LogP contribution < -0.4 is 5.32 Å². The first-order chi connectivity index (χ1) is 9.49. The summed E-state index contributed by atoms with van der Waals surface area (Å²) in [7, 11) is 0. The zero-order valence-electron chi connectivity index (χ0n) is 11.2. The van der Waals surface area contributed by atoms with E-state index in [1.54, 1.807) is 0 Å². The van der Waals surface area contributed by atoms with Gasteiger partial charge < -0.3 is 9.73 Å². The Bertz CT molecular complexity index is 599. The van der Waals surface area contributed by atoms with Crippen molar-refractivity contribution in [2.75, 3.05) is 6.54 Å². The Kier molecular flexibility index (Phi) is 4.73. The van der Waals surface area contributed by atoms with Crippen molar-refractivity contribution in [2.24, 2.45) is 5.92 Å². The smallest absolute Gasteiger partial charge is 0.181 e. The van der Waals surface area contributed by atoms with Crippen molar-refractivity contribution in [3.63, 3.8) is 0 Å². The Labute approximate surface area is 121 Å². The fourth-order valence-corrected chi connectivity index (χ4v) is 1.94. The maximum Gasteiger partial charge on any atom is 0.181 e. The van der Waals surface area contributed by atoms with E-state index in [0.717, 1.165) is 18.7 Å². The first-order valence-corrected chi connectivity index (χ1v) is 6.64. The SMILES string of the molecule is CC(C)CNCc1ncoc1-c1cc(F)c(Cl)cc1F. The molecule has 1 aromatic carbocycles. The number of nitrogens with zero attached hydrogens (tertiary/aromatic N) is 1. The highest BCUT2D eigenvalue weighted by Crippen LogP contribution is 2.29. The molecular formula is C14H15ClF2N2O. The predicted octanol–water partition coefficient (Wildman–Crippen LogP) is 4.02. The molecule has 2 aromatic rings. The van der Waals surface area contributed by atoms with Gasteiger partial charge in [-0.1, -0.05) is 25.4 Å². The summed E-state index contributed by atoms with van der Waals surface area (Å²) in [6.07, 6.45) is 1.22. The third-order valence-corrected chi connectivity index (χ3v) is 3.03. The van der Waals surface area contributed by atoms with Crippen LogP contribution in [0.1, 0.15) is 19.5 Å². The summed E-state index contributed by atoms with van der Waals surface area (Å²) in [5, 5.41) is 2.92. The molecule has 0 aliphatic rings. The number of hydrogen-bond donors (Lipinski definition) is 1. The monoisotopic (exact) mass is 300 g/mol. The molecule has 1 N–H and O–H groups in total. The number of nitrogens with one attached hydrogen (secondary N) is 1. The Morgan fingerprint density at radius 1 is 1.30 bits per heavy atom. The molecule has 0 unspecified atom stereocenters. The van der Waals surface area contributed by atoms with Gasteiger partial charge >= 0.3 is 0 Å². The summed E-state index contributed by atoms with van der Waals surface area (Å²) >= 11 is 5.53. The zero-order chi connectivity index (χ0) is 14.7. The Morgan fingerprint density at radius 2 is 2.05 bits per heavy atom. The van der Waals surface area contributed by atoms with E-state index >= 15 is 0 Å². The van der Waals surface area contributed by atoms with Gasteiger partial charge in [0.25, 0.3) is 0 Å². The maximum absolute atomic E-state index is 13.9. The summed E-state index contributed by atoms with van der Waals surface area (Å²) in [6, 6.07) is 1.95. The molecule has 1 aromatic heterocycles. The summed E-state index contributed by atoms with van der Waals surface area (Å²) in [6.45, 7) is 5.37. The van der Waals surface area contributed by atoms with Crippen molar-refractivity contribution >= 4 is 11.6 Å². The second-order valence-corrected chi connectivity index (χ2v) is 5.31. The minimum atomic E-state index is -0.694. The minimum absolute atomic E-state index is 0.0192. The third-order valence-electron chi connectivity index (χ3n) is 2.74. The minimum Gasteiger partial charge on any atom is -0.443 e. The van der Waals surface area contributed by atoms with Crippen molar-refractivity contribution < 1.29 is 13.2 Å². The average molecular weight is 301 g/mol. The summed E-state index contributed by atoms with van der Waals surface area (Å²) in [5.41, 5.74) is 0.553. The highest BCUT2D eigenvalue weighted by molar-refractivity contribution is 6.30. The first-order valence-electron chi connectivity index (χ1n) is 6.27. The molecular weight excluding hydrogens is 286 g/mol. The van der Waals surface area contributed by atoms with Gasteiger partial charge in [-0.2, -0.15) is 0 Å². The number of aromatic nitrogens is 1. The molecule has 0 aliphatic carbocycles. The van der Waals surface area contributed by atoms with Crippen LogP contribution in [0.15, 0.2) is 22.9 Å². The van der Waals surface area contributed by atoms with Crippen LogP contribution in [-0.2, 0) is 6.54 Å². The molecule has 0 atom stereocenters. The Hall–Kier alpha value is -1.46. The normalized spacial score (nSPS) is 11.3. The van der Waals surface area contributed by atoms with Gasteiger partial charge in [-0.05, 0) is 24.6 Å². The van der Waals surface area contributed by atoms with Crippen LogP contribution in [0.2, 0.25) is 5.02 Å². The molecule has 0 saturated heterocycles. The lowest BCUT2D eigenvalue weighted by Crippen LogP contribution is -2.19. The molecule has 0 spiro atoms. The highest BCUT2D eigenvalue weighted by atomic mass is 35.5. The van der Waals surface area contributed by atoms with Gasteiger partial charge in [0.05, 0.1) is 10.6 Å². The van der Waals surface area contributed by atoms with Crippen molar-refractivity contribution in [1.29, 1.82) is 0 Å². The highest BCUT2D eigenvalue weighted by Gasteiger charge is 2.17. The van der Waals surface area contributed by atoms with E-state index in [1.165, 1.54) is 6.39 Å². The number of hydrogen-bond acceptors (Lipinski definition) is 3. The van der Waals surface area contributed by atoms with Crippen molar-refractivity contribution in [2.45, 2.75) is 20.4 Å².